The van der Waals surface area contributed by atoms with Gasteiger partial charge >= 0.3 is 0 Å². The molecule has 0 amide bonds. The van der Waals surface area contributed by atoms with E-state index in [1.54, 1.807) is 0 Å². The molecule has 0 saturated carbocycles. The fraction of sp³-hybridized carbons (Fsp3) is 0.182. The van der Waals surface area contributed by atoms with Crippen LogP contribution in [0.5, 0.6) is 0 Å². The highest BCUT2D eigenvalue weighted by molar-refractivity contribution is 7.99. The van der Waals surface area contributed by atoms with Crippen LogP contribution in [0.15, 0.2) is 71.8 Å². The van der Waals surface area contributed by atoms with Gasteiger partial charge in [0.15, 0.2) is 5.69 Å². The minimum Gasteiger partial charge on any atom is -0.192 e. The van der Waals surface area contributed by atoms with E-state index in [0.717, 1.165) is 16.2 Å². The van der Waals surface area contributed by atoms with Gasteiger partial charge in [0.2, 0.25) is 6.04 Å². The molecular weight excluding hydrogens is 324 g/mol. The number of rotatable bonds is 2. The molecule has 0 saturated heterocycles. The van der Waals surface area contributed by atoms with E-state index < -0.39 is 0 Å². The Morgan fingerprint density at radius 2 is 1.52 bits per heavy atom. The fourth-order valence-corrected chi connectivity index (χ4v) is 5.33. The molecule has 122 valence electrons. The number of nitriles is 1. The van der Waals surface area contributed by atoms with Gasteiger partial charge in [0.05, 0.1) is 0 Å². The number of benzene rings is 2. The zero-order valence-electron chi connectivity index (χ0n) is 14.3. The molecule has 1 aliphatic heterocycles. The quantitative estimate of drug-likeness (QED) is 0.619. The molecule has 0 unspecified atom stereocenters. The lowest BCUT2D eigenvalue weighted by Crippen LogP contribution is -2.43. The molecule has 25 heavy (non-hydrogen) atoms. The van der Waals surface area contributed by atoms with Crippen LogP contribution in [0.3, 0.4) is 0 Å². The first-order chi connectivity index (χ1) is 12.2. The van der Waals surface area contributed by atoms with Gasteiger partial charge in [0, 0.05) is 18.6 Å². The van der Waals surface area contributed by atoms with E-state index in [9.17, 15) is 5.26 Å². The number of fused-ring (bicyclic) bond motifs is 1. The number of hydrogen-bond acceptors (Lipinski definition) is 2. The molecule has 3 heteroatoms. The van der Waals surface area contributed by atoms with Crippen molar-refractivity contribution in [3.05, 3.63) is 94.7 Å². The minimum absolute atomic E-state index is 0.191. The molecule has 1 aliphatic rings. The van der Waals surface area contributed by atoms with Crippen molar-refractivity contribution in [2.45, 2.75) is 30.2 Å². The molecule has 3 aromatic rings. The maximum atomic E-state index is 9.71. The van der Waals surface area contributed by atoms with E-state index in [1.165, 1.54) is 16.8 Å². The zero-order valence-corrected chi connectivity index (χ0v) is 15.1. The second-order valence-corrected chi connectivity index (χ2v) is 7.57. The molecule has 2 nitrogen and oxygen atoms in total. The molecule has 0 fully saturated rings. The highest BCUT2D eigenvalue weighted by atomic mass is 32.2. The summed E-state index contributed by atoms with van der Waals surface area (Å²) in [5, 5.41) is 11.1. The summed E-state index contributed by atoms with van der Waals surface area (Å²) in [4.78, 5) is 0. The highest BCUT2D eigenvalue weighted by Crippen LogP contribution is 2.49. The zero-order chi connectivity index (χ0) is 17.4. The number of aryl methyl sites for hydroxylation is 2. The Hall–Kier alpha value is -2.57. The Kier molecular flexibility index (Phi) is 4.07. The summed E-state index contributed by atoms with van der Waals surface area (Å²) in [5.41, 5.74) is 5.63. The van der Waals surface area contributed by atoms with Crippen LogP contribution in [0.2, 0.25) is 0 Å². The average molecular weight is 343 g/mol. The largest absolute Gasteiger partial charge is 0.259 e. The molecule has 2 atom stereocenters. The third kappa shape index (κ3) is 2.63. The minimum atomic E-state index is 0.191. The van der Waals surface area contributed by atoms with Crippen LogP contribution < -0.4 is 4.57 Å². The van der Waals surface area contributed by atoms with Crippen molar-refractivity contribution in [1.29, 1.82) is 5.26 Å². The predicted molar refractivity (Wildman–Crippen MR) is 100 cm³/mol. The van der Waals surface area contributed by atoms with Crippen LogP contribution in [0.25, 0.3) is 0 Å². The van der Waals surface area contributed by atoms with Crippen molar-refractivity contribution < 1.29 is 4.57 Å². The summed E-state index contributed by atoms with van der Waals surface area (Å²) in [6.07, 6.45) is 0. The van der Waals surface area contributed by atoms with E-state index >= 15 is 0 Å². The summed E-state index contributed by atoms with van der Waals surface area (Å²) in [6, 6.07) is 26.0. The van der Waals surface area contributed by atoms with Crippen molar-refractivity contribution >= 4 is 11.8 Å². The molecular formula is C22H19N2S+. The second kappa shape index (κ2) is 6.38. The van der Waals surface area contributed by atoms with Gasteiger partial charge in [0.25, 0.3) is 5.03 Å². The summed E-state index contributed by atoms with van der Waals surface area (Å²) in [5.74, 6) is 0. The van der Waals surface area contributed by atoms with Crippen molar-refractivity contribution in [1.82, 2.24) is 0 Å². The standard InChI is InChI=1S/C22H19N2S/c1-15-13-16(2)24-20(17-9-5-3-6-10-17)21(18-11-7-4-8-12-18)25-22(24)19(15)14-23/h3-13,20-21H,1-2H3/q+1/t20-,21+/m0/s1. The van der Waals surface area contributed by atoms with Crippen LogP contribution in [0.4, 0.5) is 0 Å². The first-order valence-corrected chi connectivity index (χ1v) is 9.31. The molecule has 0 aliphatic carbocycles. The van der Waals surface area contributed by atoms with E-state index in [0.29, 0.717) is 0 Å². The molecule has 2 heterocycles. The van der Waals surface area contributed by atoms with Crippen LogP contribution in [-0.4, -0.2) is 0 Å². The molecule has 0 spiro atoms. The number of thioether (sulfide) groups is 1. The summed E-state index contributed by atoms with van der Waals surface area (Å²) < 4.78 is 2.35. The predicted octanol–water partition coefficient (Wildman–Crippen LogP) is 4.90. The molecule has 0 radical (unpaired) electrons. The molecule has 2 aromatic carbocycles. The summed E-state index contributed by atoms with van der Waals surface area (Å²) in [6.45, 7) is 4.17. The van der Waals surface area contributed by atoms with Crippen molar-refractivity contribution in [2.24, 2.45) is 0 Å². The normalized spacial score (nSPS) is 18.6. The van der Waals surface area contributed by atoms with Gasteiger partial charge in [-0.15, -0.1) is 0 Å². The summed E-state index contributed by atoms with van der Waals surface area (Å²) in [7, 11) is 0. The van der Waals surface area contributed by atoms with Crippen LogP contribution in [-0.2, 0) is 0 Å². The van der Waals surface area contributed by atoms with Gasteiger partial charge in [-0.1, -0.05) is 60.7 Å². The number of pyridine rings is 1. The van der Waals surface area contributed by atoms with Crippen LogP contribution >= 0.6 is 11.8 Å². The Morgan fingerprint density at radius 3 is 2.12 bits per heavy atom. The molecule has 0 N–H and O–H groups in total. The maximum absolute atomic E-state index is 9.71. The highest BCUT2D eigenvalue weighted by Gasteiger charge is 2.46. The van der Waals surface area contributed by atoms with Gasteiger partial charge in [-0.25, -0.2) is 0 Å². The average Bonchev–Trinajstić information content (AvgIpc) is 3.04. The SMILES string of the molecule is Cc1cc(C)[n+]2c(c1C#N)S[C@H](c1ccccc1)[C@@H]2c1ccccc1. The monoisotopic (exact) mass is 343 g/mol. The topological polar surface area (TPSA) is 27.7 Å². The van der Waals surface area contributed by atoms with Crippen molar-refractivity contribution in [3.63, 3.8) is 0 Å². The number of nitrogens with zero attached hydrogens (tertiary/aromatic N) is 2. The molecule has 4 rings (SSSR count). The third-order valence-corrected chi connectivity index (χ3v) is 6.22. The van der Waals surface area contributed by atoms with Gasteiger partial charge in [-0.05, 0) is 29.8 Å². The van der Waals surface area contributed by atoms with Crippen LogP contribution in [0, 0.1) is 25.2 Å². The van der Waals surface area contributed by atoms with Crippen LogP contribution in [0.1, 0.15) is 39.2 Å². The number of aromatic nitrogens is 1. The van der Waals surface area contributed by atoms with E-state index in [4.69, 9.17) is 0 Å². The Morgan fingerprint density at radius 1 is 0.920 bits per heavy atom. The maximum Gasteiger partial charge on any atom is 0.259 e. The Labute approximate surface area is 152 Å². The number of hydrogen-bond donors (Lipinski definition) is 0. The third-order valence-electron chi connectivity index (χ3n) is 4.82. The lowest BCUT2D eigenvalue weighted by Gasteiger charge is -2.16. The molecule has 0 bridgehead atoms. The Bertz CT molecular complexity index is 959. The van der Waals surface area contributed by atoms with Gasteiger partial charge in [0.1, 0.15) is 16.9 Å². The molecule has 1 aromatic heterocycles. The second-order valence-electron chi connectivity index (χ2n) is 6.44. The first-order valence-electron chi connectivity index (χ1n) is 8.43. The first kappa shape index (κ1) is 15.9. The lowest BCUT2D eigenvalue weighted by atomic mass is 9.97. The van der Waals surface area contributed by atoms with Gasteiger partial charge < -0.3 is 0 Å². The van der Waals surface area contributed by atoms with E-state index in [1.807, 2.05) is 18.7 Å². The van der Waals surface area contributed by atoms with E-state index in [-0.39, 0.29) is 11.3 Å². The van der Waals surface area contributed by atoms with Crippen molar-refractivity contribution in [2.75, 3.05) is 0 Å². The lowest BCUT2D eigenvalue weighted by molar-refractivity contribution is -0.748. The van der Waals surface area contributed by atoms with E-state index in [2.05, 4.69) is 84.3 Å². The van der Waals surface area contributed by atoms with Gasteiger partial charge in [-0.3, -0.25) is 0 Å². The fourth-order valence-electron chi connectivity index (χ4n) is 3.69. The Balaban J connectivity index is 1.97. The smallest absolute Gasteiger partial charge is 0.192 e. The summed E-state index contributed by atoms with van der Waals surface area (Å²) >= 11 is 1.81. The van der Waals surface area contributed by atoms with Crippen molar-refractivity contribution in [3.8, 4) is 6.07 Å². The van der Waals surface area contributed by atoms with Gasteiger partial charge in [-0.2, -0.15) is 9.83 Å².